The Morgan fingerprint density at radius 3 is 2.48 bits per heavy atom. The Labute approximate surface area is 161 Å². The topological polar surface area (TPSA) is 53.8 Å². The number of carbonyl (C=O) groups excluding carboxylic acids is 2. The highest BCUT2D eigenvalue weighted by molar-refractivity contribution is 7.11. The predicted octanol–water partition coefficient (Wildman–Crippen LogP) is 3.75. The monoisotopic (exact) mass is 378 g/mol. The highest BCUT2D eigenvalue weighted by atomic mass is 32.1. The van der Waals surface area contributed by atoms with Crippen molar-refractivity contribution < 1.29 is 14.0 Å². The minimum absolute atomic E-state index is 0.127. The molecule has 0 saturated carbocycles. The van der Waals surface area contributed by atoms with Crippen LogP contribution >= 0.6 is 11.3 Å². The molecule has 0 radical (unpaired) electrons. The molecule has 0 unspecified atom stereocenters. The second kappa shape index (κ2) is 7.25. The molecule has 0 N–H and O–H groups in total. The summed E-state index contributed by atoms with van der Waals surface area (Å²) < 4.78 is 5.33. The Morgan fingerprint density at radius 1 is 1.00 bits per heavy atom. The Bertz CT molecular complexity index is 976. The highest BCUT2D eigenvalue weighted by Crippen LogP contribution is 2.34. The zero-order valence-corrected chi connectivity index (χ0v) is 15.6. The third-order valence-corrected chi connectivity index (χ3v) is 5.34. The number of carbonyl (C=O) groups is 2. The molecule has 136 valence electrons. The number of rotatable bonds is 6. The van der Waals surface area contributed by atoms with Gasteiger partial charge in [-0.05, 0) is 29.1 Å². The van der Waals surface area contributed by atoms with E-state index in [1.165, 1.54) is 22.5 Å². The third-order valence-electron chi connectivity index (χ3n) is 4.45. The maximum absolute atomic E-state index is 13.1. The lowest BCUT2D eigenvalue weighted by Gasteiger charge is -2.21. The number of amides is 2. The normalized spacial score (nSPS) is 14.3. The van der Waals surface area contributed by atoms with Crippen LogP contribution in [0.4, 0.5) is 0 Å². The van der Waals surface area contributed by atoms with Crippen molar-refractivity contribution in [2.45, 2.75) is 13.1 Å². The summed E-state index contributed by atoms with van der Waals surface area (Å²) in [5, 5.41) is 1.91. The van der Waals surface area contributed by atoms with Crippen LogP contribution in [-0.4, -0.2) is 28.7 Å². The van der Waals surface area contributed by atoms with E-state index in [4.69, 9.17) is 4.42 Å². The van der Waals surface area contributed by atoms with Crippen molar-refractivity contribution in [3.63, 3.8) is 0 Å². The van der Waals surface area contributed by atoms with Gasteiger partial charge in [-0.2, -0.15) is 0 Å². The number of furan rings is 1. The van der Waals surface area contributed by atoms with Crippen molar-refractivity contribution in [1.29, 1.82) is 0 Å². The van der Waals surface area contributed by atoms with Gasteiger partial charge in [0.1, 0.15) is 11.5 Å². The lowest BCUT2D eigenvalue weighted by atomic mass is 10.1. The first-order valence-corrected chi connectivity index (χ1v) is 9.45. The number of benzene rings is 1. The van der Waals surface area contributed by atoms with E-state index in [1.54, 1.807) is 12.1 Å². The average molecular weight is 378 g/mol. The van der Waals surface area contributed by atoms with Gasteiger partial charge in [-0.1, -0.05) is 36.4 Å². The number of imide groups is 1. The van der Waals surface area contributed by atoms with Crippen LogP contribution in [0.2, 0.25) is 0 Å². The van der Waals surface area contributed by atoms with E-state index in [0.29, 0.717) is 23.6 Å². The van der Waals surface area contributed by atoms with Crippen LogP contribution in [0.5, 0.6) is 0 Å². The standard InChI is InChI=1S/C21H18N2O3S/c1-22(13-15-7-3-2-4-8-15)19-18(17-10-6-12-27-17)20(24)23(21(19)25)14-16-9-5-11-26-16/h2-12H,13-14H2,1H3. The van der Waals surface area contributed by atoms with Crippen LogP contribution in [0, 0.1) is 0 Å². The lowest BCUT2D eigenvalue weighted by Crippen LogP contribution is -2.33. The Kier molecular flexibility index (Phi) is 4.64. The van der Waals surface area contributed by atoms with E-state index in [2.05, 4.69) is 0 Å². The molecule has 5 nitrogen and oxygen atoms in total. The zero-order chi connectivity index (χ0) is 18.8. The molecule has 3 heterocycles. The molecule has 3 aromatic rings. The number of hydrogen-bond donors (Lipinski definition) is 0. The van der Waals surface area contributed by atoms with E-state index >= 15 is 0 Å². The van der Waals surface area contributed by atoms with Gasteiger partial charge in [0.05, 0.1) is 18.4 Å². The second-order valence-electron chi connectivity index (χ2n) is 6.32. The maximum atomic E-state index is 13.1. The van der Waals surface area contributed by atoms with Gasteiger partial charge in [0, 0.05) is 18.5 Å². The van der Waals surface area contributed by atoms with Crippen molar-refractivity contribution in [2.75, 3.05) is 7.05 Å². The molecule has 2 amide bonds. The van der Waals surface area contributed by atoms with Crippen LogP contribution in [0.3, 0.4) is 0 Å². The summed E-state index contributed by atoms with van der Waals surface area (Å²) in [7, 11) is 1.84. The van der Waals surface area contributed by atoms with Crippen molar-refractivity contribution >= 4 is 28.7 Å². The molecule has 0 spiro atoms. The summed E-state index contributed by atoms with van der Waals surface area (Å²) in [4.78, 5) is 30.1. The molecule has 1 aliphatic rings. The minimum atomic E-state index is -0.293. The van der Waals surface area contributed by atoms with Crippen LogP contribution < -0.4 is 0 Å². The van der Waals surface area contributed by atoms with Crippen molar-refractivity contribution in [2.24, 2.45) is 0 Å². The summed E-state index contributed by atoms with van der Waals surface area (Å²) in [6.07, 6.45) is 1.54. The molecule has 0 saturated heterocycles. The molecule has 6 heteroatoms. The SMILES string of the molecule is CN(Cc1ccccc1)C1=C(c2cccs2)C(=O)N(Cc2ccco2)C1=O. The fourth-order valence-corrected chi connectivity index (χ4v) is 3.96. The van der Waals surface area contributed by atoms with Crippen LogP contribution in [0.1, 0.15) is 16.2 Å². The van der Waals surface area contributed by atoms with Crippen molar-refractivity contribution in [3.05, 3.63) is 88.1 Å². The Hall–Kier alpha value is -3.12. The van der Waals surface area contributed by atoms with Gasteiger partial charge in [-0.25, -0.2) is 0 Å². The van der Waals surface area contributed by atoms with Crippen molar-refractivity contribution in [1.82, 2.24) is 9.80 Å². The maximum Gasteiger partial charge on any atom is 0.278 e. The fourth-order valence-electron chi connectivity index (χ4n) is 3.20. The molecular formula is C21H18N2O3S. The molecule has 27 heavy (non-hydrogen) atoms. The second-order valence-corrected chi connectivity index (χ2v) is 7.27. The first kappa shape index (κ1) is 17.3. The molecule has 0 aliphatic carbocycles. The molecular weight excluding hydrogens is 360 g/mol. The van der Waals surface area contributed by atoms with Gasteiger partial charge in [-0.15, -0.1) is 11.3 Å². The third kappa shape index (κ3) is 3.31. The summed E-state index contributed by atoms with van der Waals surface area (Å²) in [6, 6.07) is 17.1. The molecule has 0 atom stereocenters. The van der Waals surface area contributed by atoms with E-state index in [1.807, 2.05) is 59.8 Å². The van der Waals surface area contributed by atoms with Crippen LogP contribution in [-0.2, 0) is 22.7 Å². The van der Waals surface area contributed by atoms with Gasteiger partial charge < -0.3 is 9.32 Å². The lowest BCUT2D eigenvalue weighted by molar-refractivity contribution is -0.138. The number of nitrogens with zero attached hydrogens (tertiary/aromatic N) is 2. The van der Waals surface area contributed by atoms with Gasteiger partial charge in [0.25, 0.3) is 11.8 Å². The minimum Gasteiger partial charge on any atom is -0.467 e. The molecule has 2 aromatic heterocycles. The van der Waals surface area contributed by atoms with Gasteiger partial charge in [0.2, 0.25) is 0 Å². The van der Waals surface area contributed by atoms with Crippen LogP contribution in [0.15, 0.2) is 76.4 Å². The zero-order valence-electron chi connectivity index (χ0n) is 14.8. The summed E-state index contributed by atoms with van der Waals surface area (Å²) in [5.74, 6) is 0.00110. The van der Waals surface area contributed by atoms with E-state index in [0.717, 1.165) is 10.4 Å². The molecule has 1 aromatic carbocycles. The van der Waals surface area contributed by atoms with E-state index in [9.17, 15) is 9.59 Å². The molecule has 4 rings (SSSR count). The smallest absolute Gasteiger partial charge is 0.278 e. The number of hydrogen-bond acceptors (Lipinski definition) is 5. The summed E-state index contributed by atoms with van der Waals surface area (Å²) >= 11 is 1.46. The molecule has 1 aliphatic heterocycles. The van der Waals surface area contributed by atoms with E-state index in [-0.39, 0.29) is 18.4 Å². The molecule has 0 fully saturated rings. The van der Waals surface area contributed by atoms with Crippen LogP contribution in [0.25, 0.3) is 5.57 Å². The molecule has 0 bridgehead atoms. The first-order valence-electron chi connectivity index (χ1n) is 8.57. The Balaban J connectivity index is 1.69. The van der Waals surface area contributed by atoms with E-state index < -0.39 is 0 Å². The number of likely N-dealkylation sites (N-methyl/N-ethyl adjacent to an activating group) is 1. The van der Waals surface area contributed by atoms with Gasteiger partial charge in [0.15, 0.2) is 0 Å². The number of thiophene rings is 1. The summed E-state index contributed by atoms with van der Waals surface area (Å²) in [5.41, 5.74) is 1.96. The average Bonchev–Trinajstić information content (AvgIpc) is 3.40. The van der Waals surface area contributed by atoms with Gasteiger partial charge in [-0.3, -0.25) is 14.5 Å². The summed E-state index contributed by atoms with van der Waals surface area (Å²) in [6.45, 7) is 0.668. The quantitative estimate of drug-likeness (QED) is 0.613. The van der Waals surface area contributed by atoms with Gasteiger partial charge >= 0.3 is 0 Å². The first-order chi connectivity index (χ1) is 13.1. The Morgan fingerprint density at radius 2 is 1.81 bits per heavy atom. The predicted molar refractivity (Wildman–Crippen MR) is 103 cm³/mol. The highest BCUT2D eigenvalue weighted by Gasteiger charge is 2.41. The van der Waals surface area contributed by atoms with Crippen molar-refractivity contribution in [3.8, 4) is 0 Å². The fraction of sp³-hybridized carbons (Fsp3) is 0.143. The largest absolute Gasteiger partial charge is 0.467 e.